The zero-order valence-corrected chi connectivity index (χ0v) is 9.12. The number of nitrogens with zero attached hydrogens (tertiary/aromatic N) is 1. The third kappa shape index (κ3) is 2.25. The van der Waals surface area contributed by atoms with Crippen LogP contribution in [0.15, 0.2) is 17.1 Å². The molecule has 0 aliphatic heterocycles. The molecular formula is C12H15N3O. The van der Waals surface area contributed by atoms with Gasteiger partial charge in [0.2, 0.25) is 0 Å². The van der Waals surface area contributed by atoms with E-state index in [0.717, 1.165) is 12.8 Å². The Hall–Kier alpha value is -1.76. The lowest BCUT2D eigenvalue weighted by atomic mass is 9.95. The Balaban J connectivity index is 2.18. The molecule has 1 aromatic rings. The topological polar surface area (TPSA) is 68.7 Å². The molecule has 0 aromatic carbocycles. The normalized spacial score (nSPS) is 16.7. The number of anilines is 1. The highest BCUT2D eigenvalue weighted by atomic mass is 16.1. The van der Waals surface area contributed by atoms with Crippen molar-refractivity contribution < 1.29 is 0 Å². The van der Waals surface area contributed by atoms with Gasteiger partial charge in [-0.15, -0.1) is 0 Å². The highest BCUT2D eigenvalue weighted by Gasteiger charge is 2.15. The Morgan fingerprint density at radius 2 is 2.12 bits per heavy atom. The van der Waals surface area contributed by atoms with E-state index in [4.69, 9.17) is 5.26 Å². The molecule has 0 atom stereocenters. The highest BCUT2D eigenvalue weighted by molar-refractivity contribution is 5.56. The molecule has 2 rings (SSSR count). The molecule has 0 radical (unpaired) electrons. The fourth-order valence-electron chi connectivity index (χ4n) is 2.18. The van der Waals surface area contributed by atoms with E-state index in [1.165, 1.54) is 19.3 Å². The first kappa shape index (κ1) is 10.7. The van der Waals surface area contributed by atoms with Gasteiger partial charge in [-0.3, -0.25) is 4.79 Å². The summed E-state index contributed by atoms with van der Waals surface area (Å²) in [7, 11) is 0. The van der Waals surface area contributed by atoms with Crippen LogP contribution < -0.4 is 10.9 Å². The van der Waals surface area contributed by atoms with Gasteiger partial charge in [0.1, 0.15) is 11.6 Å². The number of pyridine rings is 1. The minimum atomic E-state index is -0.316. The number of nitriles is 1. The molecule has 0 bridgehead atoms. The van der Waals surface area contributed by atoms with Gasteiger partial charge in [0, 0.05) is 12.2 Å². The molecule has 16 heavy (non-hydrogen) atoms. The van der Waals surface area contributed by atoms with Gasteiger partial charge in [-0.2, -0.15) is 5.26 Å². The van der Waals surface area contributed by atoms with E-state index in [1.54, 1.807) is 12.3 Å². The van der Waals surface area contributed by atoms with E-state index in [1.807, 2.05) is 6.07 Å². The summed E-state index contributed by atoms with van der Waals surface area (Å²) in [6.07, 6.45) is 7.56. The Labute approximate surface area is 94.3 Å². The first-order chi connectivity index (χ1) is 7.81. The van der Waals surface area contributed by atoms with Gasteiger partial charge in [0.05, 0.1) is 5.69 Å². The second kappa shape index (κ2) is 4.84. The van der Waals surface area contributed by atoms with E-state index >= 15 is 0 Å². The molecule has 1 fully saturated rings. The van der Waals surface area contributed by atoms with Gasteiger partial charge >= 0.3 is 0 Å². The second-order valence-corrected chi connectivity index (χ2v) is 4.19. The minimum absolute atomic E-state index is 0.188. The van der Waals surface area contributed by atoms with E-state index in [0.29, 0.717) is 11.7 Å². The maximum atomic E-state index is 11.4. The molecule has 0 saturated heterocycles. The van der Waals surface area contributed by atoms with Crippen molar-refractivity contribution in [3.8, 4) is 6.07 Å². The summed E-state index contributed by atoms with van der Waals surface area (Å²) < 4.78 is 0. The van der Waals surface area contributed by atoms with Crippen LogP contribution >= 0.6 is 0 Å². The van der Waals surface area contributed by atoms with Gasteiger partial charge < -0.3 is 10.3 Å². The third-order valence-electron chi connectivity index (χ3n) is 3.04. The molecule has 4 nitrogen and oxygen atoms in total. The highest BCUT2D eigenvalue weighted by Crippen LogP contribution is 2.22. The number of hydrogen-bond acceptors (Lipinski definition) is 3. The number of rotatable bonds is 2. The average Bonchev–Trinajstić information content (AvgIpc) is 2.31. The SMILES string of the molecule is N#Cc1c(NC2CCCCC2)cc[nH]c1=O. The quantitative estimate of drug-likeness (QED) is 0.796. The maximum Gasteiger partial charge on any atom is 0.267 e. The fourth-order valence-corrected chi connectivity index (χ4v) is 2.18. The Bertz CT molecular complexity index is 452. The second-order valence-electron chi connectivity index (χ2n) is 4.19. The average molecular weight is 217 g/mol. The summed E-state index contributed by atoms with van der Waals surface area (Å²) in [6.45, 7) is 0. The van der Waals surface area contributed by atoms with Crippen molar-refractivity contribution in [3.63, 3.8) is 0 Å². The van der Waals surface area contributed by atoms with Crippen LogP contribution in [0.25, 0.3) is 0 Å². The minimum Gasteiger partial charge on any atom is -0.381 e. The number of hydrogen-bond donors (Lipinski definition) is 2. The largest absolute Gasteiger partial charge is 0.381 e. The Kier molecular flexibility index (Phi) is 3.25. The summed E-state index contributed by atoms with van der Waals surface area (Å²) in [4.78, 5) is 13.9. The maximum absolute atomic E-state index is 11.4. The molecule has 1 heterocycles. The van der Waals surface area contributed by atoms with Crippen LogP contribution in [0, 0.1) is 11.3 Å². The zero-order chi connectivity index (χ0) is 11.4. The van der Waals surface area contributed by atoms with Gasteiger partial charge in [0.15, 0.2) is 0 Å². The third-order valence-corrected chi connectivity index (χ3v) is 3.04. The lowest BCUT2D eigenvalue weighted by Crippen LogP contribution is -2.24. The van der Waals surface area contributed by atoms with Crippen molar-refractivity contribution in [2.24, 2.45) is 0 Å². The van der Waals surface area contributed by atoms with Crippen LogP contribution in [-0.2, 0) is 0 Å². The first-order valence-corrected chi connectivity index (χ1v) is 5.69. The predicted molar refractivity (Wildman–Crippen MR) is 62.3 cm³/mol. The van der Waals surface area contributed by atoms with Gasteiger partial charge in [-0.25, -0.2) is 0 Å². The van der Waals surface area contributed by atoms with Crippen molar-refractivity contribution in [2.45, 2.75) is 38.1 Å². The molecule has 1 saturated carbocycles. The van der Waals surface area contributed by atoms with Crippen LogP contribution in [0.4, 0.5) is 5.69 Å². The lowest BCUT2D eigenvalue weighted by molar-refractivity contribution is 0.462. The molecule has 1 aromatic heterocycles. The molecule has 0 unspecified atom stereocenters. The van der Waals surface area contributed by atoms with Crippen molar-refractivity contribution >= 4 is 5.69 Å². The van der Waals surface area contributed by atoms with Gasteiger partial charge in [-0.05, 0) is 18.9 Å². The molecule has 84 valence electrons. The number of H-pyrrole nitrogens is 1. The van der Waals surface area contributed by atoms with Crippen molar-refractivity contribution in [3.05, 3.63) is 28.2 Å². The van der Waals surface area contributed by atoms with Gasteiger partial charge in [0.25, 0.3) is 5.56 Å². The molecule has 1 aliphatic carbocycles. The summed E-state index contributed by atoms with van der Waals surface area (Å²) in [6, 6.07) is 4.11. The van der Waals surface area contributed by atoms with Gasteiger partial charge in [-0.1, -0.05) is 19.3 Å². The van der Waals surface area contributed by atoms with Crippen LogP contribution in [0.2, 0.25) is 0 Å². The Morgan fingerprint density at radius 1 is 1.38 bits per heavy atom. The van der Waals surface area contributed by atoms with E-state index < -0.39 is 0 Å². The lowest BCUT2D eigenvalue weighted by Gasteiger charge is -2.24. The summed E-state index contributed by atoms with van der Waals surface area (Å²) in [5.41, 5.74) is 0.537. The number of aromatic nitrogens is 1. The smallest absolute Gasteiger partial charge is 0.267 e. The van der Waals surface area contributed by atoms with Crippen LogP contribution in [0.1, 0.15) is 37.7 Å². The molecule has 2 N–H and O–H groups in total. The molecule has 4 heteroatoms. The van der Waals surface area contributed by atoms with Crippen molar-refractivity contribution in [2.75, 3.05) is 5.32 Å². The van der Waals surface area contributed by atoms with Crippen molar-refractivity contribution in [1.29, 1.82) is 5.26 Å². The molecule has 1 aliphatic rings. The number of aromatic amines is 1. The van der Waals surface area contributed by atoms with E-state index in [2.05, 4.69) is 10.3 Å². The molecule has 0 spiro atoms. The first-order valence-electron chi connectivity index (χ1n) is 5.69. The van der Waals surface area contributed by atoms with Crippen molar-refractivity contribution in [1.82, 2.24) is 4.98 Å². The summed E-state index contributed by atoms with van der Waals surface area (Å²) in [5, 5.41) is 12.2. The fraction of sp³-hybridized carbons (Fsp3) is 0.500. The van der Waals surface area contributed by atoms with Crippen LogP contribution in [-0.4, -0.2) is 11.0 Å². The standard InChI is InChI=1S/C12H15N3O/c13-8-10-11(6-7-14-12(10)16)15-9-4-2-1-3-5-9/h6-7,9H,1-5H2,(H2,14,15,16). The monoisotopic (exact) mass is 217 g/mol. The Morgan fingerprint density at radius 3 is 2.81 bits per heavy atom. The summed E-state index contributed by atoms with van der Waals surface area (Å²) in [5.74, 6) is 0. The predicted octanol–water partition coefficient (Wildman–Crippen LogP) is 1.99. The number of nitrogens with one attached hydrogen (secondary N) is 2. The zero-order valence-electron chi connectivity index (χ0n) is 9.12. The summed E-state index contributed by atoms with van der Waals surface area (Å²) >= 11 is 0. The van der Waals surface area contributed by atoms with E-state index in [-0.39, 0.29) is 11.1 Å². The van der Waals surface area contributed by atoms with Crippen LogP contribution in [0.5, 0.6) is 0 Å². The van der Waals surface area contributed by atoms with E-state index in [9.17, 15) is 4.79 Å². The van der Waals surface area contributed by atoms with Crippen LogP contribution in [0.3, 0.4) is 0 Å². The molecular weight excluding hydrogens is 202 g/mol. The molecule has 0 amide bonds.